The van der Waals surface area contributed by atoms with Gasteiger partial charge in [-0.25, -0.2) is 9.97 Å². The second-order valence-electron chi connectivity index (χ2n) is 5.75. The number of carbonyl (C=O) groups is 1. The predicted octanol–water partition coefficient (Wildman–Crippen LogP) is 1.27. The Balaban J connectivity index is 1.65. The van der Waals surface area contributed by atoms with Crippen molar-refractivity contribution in [1.82, 2.24) is 25.2 Å². The Bertz CT molecular complexity index is 625. The Kier molecular flexibility index (Phi) is 4.48. The molecular formula is C16H21N5O. The standard InChI is InChI=1S/C16H21N5O/c1-12-9-13(4-6-18-12)16(22)20-10-14-3-2-5-19-15(14)21-8-7-17-11-21/h2-3,5,7-8,11-13,18H,4,6,9-10H2,1H3,(H,20,22)/t12-,13-/m0/s1. The summed E-state index contributed by atoms with van der Waals surface area (Å²) in [5.74, 6) is 1.04. The molecule has 1 fully saturated rings. The van der Waals surface area contributed by atoms with Crippen LogP contribution in [0.4, 0.5) is 0 Å². The van der Waals surface area contributed by atoms with Gasteiger partial charge in [-0.15, -0.1) is 0 Å². The number of piperidine rings is 1. The van der Waals surface area contributed by atoms with Crippen molar-refractivity contribution in [3.63, 3.8) is 0 Å². The van der Waals surface area contributed by atoms with Crippen LogP contribution in [0, 0.1) is 5.92 Å². The van der Waals surface area contributed by atoms with Gasteiger partial charge in [0.25, 0.3) is 0 Å². The molecule has 0 spiro atoms. The highest BCUT2D eigenvalue weighted by Crippen LogP contribution is 2.17. The maximum Gasteiger partial charge on any atom is 0.223 e. The van der Waals surface area contributed by atoms with Crippen molar-refractivity contribution in [2.24, 2.45) is 5.92 Å². The minimum Gasteiger partial charge on any atom is -0.352 e. The maximum atomic E-state index is 12.3. The molecule has 0 aliphatic carbocycles. The Morgan fingerprint density at radius 3 is 3.18 bits per heavy atom. The largest absolute Gasteiger partial charge is 0.352 e. The second kappa shape index (κ2) is 6.70. The highest BCUT2D eigenvalue weighted by molar-refractivity contribution is 5.78. The van der Waals surface area contributed by atoms with E-state index < -0.39 is 0 Å². The number of hydrogen-bond donors (Lipinski definition) is 2. The zero-order chi connectivity index (χ0) is 15.4. The first-order valence-electron chi connectivity index (χ1n) is 7.67. The van der Waals surface area contributed by atoms with Gasteiger partial charge in [0.05, 0.1) is 0 Å². The zero-order valence-corrected chi connectivity index (χ0v) is 12.7. The van der Waals surface area contributed by atoms with E-state index in [1.54, 1.807) is 18.7 Å². The molecule has 0 saturated carbocycles. The number of nitrogens with one attached hydrogen (secondary N) is 2. The molecule has 1 aliphatic heterocycles. The molecule has 2 aromatic rings. The van der Waals surface area contributed by atoms with Crippen LogP contribution in [-0.2, 0) is 11.3 Å². The smallest absolute Gasteiger partial charge is 0.223 e. The van der Waals surface area contributed by atoms with E-state index in [9.17, 15) is 4.79 Å². The monoisotopic (exact) mass is 299 g/mol. The van der Waals surface area contributed by atoms with Crippen LogP contribution >= 0.6 is 0 Å². The van der Waals surface area contributed by atoms with Crippen molar-refractivity contribution in [1.29, 1.82) is 0 Å². The number of hydrogen-bond acceptors (Lipinski definition) is 4. The third-order valence-corrected chi connectivity index (χ3v) is 4.06. The minimum absolute atomic E-state index is 0.101. The van der Waals surface area contributed by atoms with Crippen LogP contribution in [-0.4, -0.2) is 33.0 Å². The summed E-state index contributed by atoms with van der Waals surface area (Å²) in [5.41, 5.74) is 0.982. The van der Waals surface area contributed by atoms with Crippen LogP contribution in [0.3, 0.4) is 0 Å². The SMILES string of the molecule is C[C@H]1C[C@@H](C(=O)NCc2cccnc2-n2ccnc2)CCN1. The average molecular weight is 299 g/mol. The van der Waals surface area contributed by atoms with Gasteiger partial charge in [-0.3, -0.25) is 9.36 Å². The van der Waals surface area contributed by atoms with E-state index in [0.29, 0.717) is 12.6 Å². The normalized spacial score (nSPS) is 21.5. The summed E-state index contributed by atoms with van der Waals surface area (Å²) in [6.45, 7) is 3.52. The molecule has 1 saturated heterocycles. The first kappa shape index (κ1) is 14.7. The molecule has 0 aromatic carbocycles. The molecular weight excluding hydrogens is 278 g/mol. The van der Waals surface area contributed by atoms with E-state index >= 15 is 0 Å². The lowest BCUT2D eigenvalue weighted by atomic mass is 9.92. The van der Waals surface area contributed by atoms with Crippen LogP contribution in [0.15, 0.2) is 37.1 Å². The number of nitrogens with zero attached hydrogens (tertiary/aromatic N) is 3. The predicted molar refractivity (Wildman–Crippen MR) is 83.4 cm³/mol. The maximum absolute atomic E-state index is 12.3. The lowest BCUT2D eigenvalue weighted by molar-refractivity contribution is -0.126. The summed E-state index contributed by atoms with van der Waals surface area (Å²) in [5, 5.41) is 6.42. The summed E-state index contributed by atoms with van der Waals surface area (Å²) >= 11 is 0. The summed E-state index contributed by atoms with van der Waals surface area (Å²) in [6, 6.07) is 4.27. The van der Waals surface area contributed by atoms with Gasteiger partial charge < -0.3 is 10.6 Å². The van der Waals surface area contributed by atoms with Crippen molar-refractivity contribution >= 4 is 5.91 Å². The molecule has 2 aromatic heterocycles. The molecule has 3 heterocycles. The number of aromatic nitrogens is 3. The number of pyridine rings is 1. The van der Waals surface area contributed by atoms with Gasteiger partial charge in [-0.05, 0) is 32.4 Å². The van der Waals surface area contributed by atoms with Gasteiger partial charge >= 0.3 is 0 Å². The van der Waals surface area contributed by atoms with Crippen LogP contribution < -0.4 is 10.6 Å². The van der Waals surface area contributed by atoms with Gasteiger partial charge in [0.15, 0.2) is 0 Å². The fraction of sp³-hybridized carbons (Fsp3) is 0.438. The lowest BCUT2D eigenvalue weighted by Crippen LogP contribution is -2.42. The lowest BCUT2D eigenvalue weighted by Gasteiger charge is -2.27. The van der Waals surface area contributed by atoms with E-state index in [1.807, 2.05) is 22.9 Å². The number of carbonyl (C=O) groups excluding carboxylic acids is 1. The van der Waals surface area contributed by atoms with Crippen LogP contribution in [0.2, 0.25) is 0 Å². The van der Waals surface area contributed by atoms with E-state index in [2.05, 4.69) is 27.5 Å². The van der Waals surface area contributed by atoms with Gasteiger partial charge in [0.1, 0.15) is 12.1 Å². The molecule has 116 valence electrons. The zero-order valence-electron chi connectivity index (χ0n) is 12.7. The van der Waals surface area contributed by atoms with Gasteiger partial charge in [0.2, 0.25) is 5.91 Å². The molecule has 2 atom stereocenters. The highest BCUT2D eigenvalue weighted by atomic mass is 16.1. The molecule has 6 nitrogen and oxygen atoms in total. The van der Waals surface area contributed by atoms with Crippen molar-refractivity contribution in [2.75, 3.05) is 6.54 Å². The van der Waals surface area contributed by atoms with Crippen LogP contribution in [0.5, 0.6) is 0 Å². The topological polar surface area (TPSA) is 71.8 Å². The van der Waals surface area contributed by atoms with Crippen molar-refractivity contribution in [3.05, 3.63) is 42.6 Å². The fourth-order valence-electron chi connectivity index (χ4n) is 2.88. The van der Waals surface area contributed by atoms with Gasteiger partial charge in [-0.1, -0.05) is 6.07 Å². The van der Waals surface area contributed by atoms with E-state index in [1.165, 1.54) is 0 Å². The molecule has 0 unspecified atom stereocenters. The Morgan fingerprint density at radius 1 is 1.50 bits per heavy atom. The molecule has 0 bridgehead atoms. The van der Waals surface area contributed by atoms with Crippen LogP contribution in [0.1, 0.15) is 25.3 Å². The fourth-order valence-corrected chi connectivity index (χ4v) is 2.88. The molecule has 6 heteroatoms. The summed E-state index contributed by atoms with van der Waals surface area (Å²) in [7, 11) is 0. The summed E-state index contributed by atoms with van der Waals surface area (Å²) in [4.78, 5) is 20.8. The van der Waals surface area contributed by atoms with E-state index in [4.69, 9.17) is 0 Å². The summed E-state index contributed by atoms with van der Waals surface area (Å²) < 4.78 is 1.86. The molecule has 3 rings (SSSR count). The highest BCUT2D eigenvalue weighted by Gasteiger charge is 2.24. The average Bonchev–Trinajstić information content (AvgIpc) is 3.07. The molecule has 0 radical (unpaired) electrons. The van der Waals surface area contributed by atoms with Crippen molar-refractivity contribution < 1.29 is 4.79 Å². The third kappa shape index (κ3) is 3.33. The first-order valence-corrected chi connectivity index (χ1v) is 7.67. The minimum atomic E-state index is 0.101. The molecule has 22 heavy (non-hydrogen) atoms. The molecule has 1 amide bonds. The van der Waals surface area contributed by atoms with Gasteiger partial charge in [0, 0.05) is 42.7 Å². The van der Waals surface area contributed by atoms with Crippen LogP contribution in [0.25, 0.3) is 5.82 Å². The third-order valence-electron chi connectivity index (χ3n) is 4.06. The Morgan fingerprint density at radius 2 is 2.41 bits per heavy atom. The van der Waals surface area contributed by atoms with E-state index in [0.717, 1.165) is 30.8 Å². The number of rotatable bonds is 4. The molecule has 2 N–H and O–H groups in total. The summed E-state index contributed by atoms with van der Waals surface area (Å²) in [6.07, 6.45) is 8.82. The Labute approximate surface area is 130 Å². The molecule has 1 aliphatic rings. The Hall–Kier alpha value is -2.21. The first-order chi connectivity index (χ1) is 10.7. The number of imidazole rings is 1. The quantitative estimate of drug-likeness (QED) is 0.892. The van der Waals surface area contributed by atoms with Gasteiger partial charge in [-0.2, -0.15) is 0 Å². The van der Waals surface area contributed by atoms with E-state index in [-0.39, 0.29) is 11.8 Å². The number of amides is 1. The van der Waals surface area contributed by atoms with Crippen molar-refractivity contribution in [3.8, 4) is 5.82 Å². The van der Waals surface area contributed by atoms with Crippen molar-refractivity contribution in [2.45, 2.75) is 32.4 Å². The second-order valence-corrected chi connectivity index (χ2v) is 5.75.